The predicted octanol–water partition coefficient (Wildman–Crippen LogP) is 2.86. The smallest absolute Gasteiger partial charge is 0.263 e. The zero-order valence-corrected chi connectivity index (χ0v) is 14.8. The molecule has 136 valence electrons. The lowest BCUT2D eigenvalue weighted by Crippen LogP contribution is -2.35. The van der Waals surface area contributed by atoms with Crippen molar-refractivity contribution in [2.45, 2.75) is 32.8 Å². The number of hydrogen-bond donors (Lipinski definition) is 2. The molecule has 0 atom stereocenters. The van der Waals surface area contributed by atoms with E-state index >= 15 is 0 Å². The summed E-state index contributed by atoms with van der Waals surface area (Å²) in [5, 5.41) is 12.7. The molecule has 0 aliphatic carbocycles. The largest absolute Gasteiger partial charge is 0.507 e. The number of rotatable bonds is 4. The second-order valence-corrected chi connectivity index (χ2v) is 6.83. The van der Waals surface area contributed by atoms with Crippen molar-refractivity contribution in [1.82, 2.24) is 4.98 Å². The highest BCUT2D eigenvalue weighted by Crippen LogP contribution is 2.40. The topological polar surface area (TPSA) is 97.8 Å². The van der Waals surface area contributed by atoms with E-state index in [1.165, 1.54) is 12.1 Å². The first kappa shape index (κ1) is 17.7. The monoisotopic (exact) mass is 356 g/mol. The van der Waals surface area contributed by atoms with Gasteiger partial charge in [0.1, 0.15) is 34.2 Å². The number of nitrogens with zero attached hydrogens (tertiary/aromatic N) is 1. The molecule has 0 saturated heterocycles. The summed E-state index contributed by atoms with van der Waals surface area (Å²) >= 11 is 0. The molecule has 1 aliphatic heterocycles. The van der Waals surface area contributed by atoms with Gasteiger partial charge in [0.15, 0.2) is 12.4 Å². The first-order chi connectivity index (χ1) is 12.2. The van der Waals surface area contributed by atoms with Crippen LogP contribution in [0.15, 0.2) is 30.5 Å². The zero-order valence-electron chi connectivity index (χ0n) is 14.8. The number of anilines is 1. The van der Waals surface area contributed by atoms with E-state index < -0.39 is 11.5 Å². The molecule has 2 N–H and O–H groups in total. The van der Waals surface area contributed by atoms with Gasteiger partial charge in [0, 0.05) is 18.3 Å². The number of Topliss-reactive ketones (excluding diaryl/α,β-unsaturated/α-hetero) is 1. The molecule has 26 heavy (non-hydrogen) atoms. The molecule has 0 bridgehead atoms. The van der Waals surface area contributed by atoms with E-state index in [1.807, 2.05) is 13.0 Å². The number of amides is 1. The Hall–Kier alpha value is -3.09. The van der Waals surface area contributed by atoms with Crippen LogP contribution in [0.1, 0.15) is 36.2 Å². The van der Waals surface area contributed by atoms with Gasteiger partial charge in [-0.3, -0.25) is 9.59 Å². The highest BCUT2D eigenvalue weighted by molar-refractivity contribution is 6.03. The van der Waals surface area contributed by atoms with Crippen LogP contribution in [0.3, 0.4) is 0 Å². The van der Waals surface area contributed by atoms with Gasteiger partial charge < -0.3 is 19.9 Å². The minimum Gasteiger partial charge on any atom is -0.507 e. The van der Waals surface area contributed by atoms with E-state index in [2.05, 4.69) is 10.3 Å². The summed E-state index contributed by atoms with van der Waals surface area (Å²) in [6, 6.07) is 6.37. The molecule has 2 aromatic rings. The van der Waals surface area contributed by atoms with Gasteiger partial charge in [-0.05, 0) is 38.5 Å². The number of pyridine rings is 1. The maximum Gasteiger partial charge on any atom is 0.263 e. The van der Waals surface area contributed by atoms with E-state index in [4.69, 9.17) is 9.47 Å². The molecule has 1 aromatic heterocycles. The number of carbonyl (C=O) groups is 2. The number of fused-ring (bicyclic) bond motifs is 1. The Kier molecular flexibility index (Phi) is 4.54. The summed E-state index contributed by atoms with van der Waals surface area (Å²) < 4.78 is 11.2. The van der Waals surface area contributed by atoms with Gasteiger partial charge >= 0.3 is 0 Å². The molecule has 0 fully saturated rings. The number of phenols is 1. The van der Waals surface area contributed by atoms with Gasteiger partial charge in [0.25, 0.3) is 5.91 Å². The van der Waals surface area contributed by atoms with Crippen molar-refractivity contribution < 1.29 is 24.2 Å². The Bertz CT molecular complexity index is 876. The minimum absolute atomic E-state index is 0.144. The van der Waals surface area contributed by atoms with Crippen LogP contribution < -0.4 is 14.8 Å². The second kappa shape index (κ2) is 6.67. The Morgan fingerprint density at radius 1 is 1.38 bits per heavy atom. The van der Waals surface area contributed by atoms with E-state index in [0.29, 0.717) is 5.82 Å². The zero-order chi connectivity index (χ0) is 18.9. The summed E-state index contributed by atoms with van der Waals surface area (Å²) in [5.74, 6) is 0.114. The second-order valence-electron chi connectivity index (χ2n) is 6.83. The maximum absolute atomic E-state index is 12.2. The van der Waals surface area contributed by atoms with Gasteiger partial charge in [-0.25, -0.2) is 4.98 Å². The van der Waals surface area contributed by atoms with E-state index in [0.717, 1.165) is 5.56 Å². The third kappa shape index (κ3) is 3.93. The van der Waals surface area contributed by atoms with Crippen molar-refractivity contribution in [2.24, 2.45) is 0 Å². The Labute approximate surface area is 151 Å². The van der Waals surface area contributed by atoms with Gasteiger partial charge in [0.2, 0.25) is 0 Å². The van der Waals surface area contributed by atoms with Gasteiger partial charge in [-0.2, -0.15) is 0 Å². The standard InChI is InChI=1S/C19H20N2O5/c1-11-4-5-20-16(6-11)21-17(24)10-25-12-7-13(22)18-14(23)9-19(2,3)26-15(18)8-12/h4-8,22H,9-10H2,1-3H3,(H,20,21,24). The number of aromatic hydroxyl groups is 1. The van der Waals surface area contributed by atoms with Crippen molar-refractivity contribution in [1.29, 1.82) is 0 Å². The number of ether oxygens (including phenoxy) is 2. The lowest BCUT2D eigenvalue weighted by Gasteiger charge is -2.32. The summed E-state index contributed by atoms with van der Waals surface area (Å²) in [4.78, 5) is 28.2. The lowest BCUT2D eigenvalue weighted by atomic mass is 9.92. The molecule has 2 heterocycles. The fourth-order valence-corrected chi connectivity index (χ4v) is 2.76. The van der Waals surface area contributed by atoms with Crippen LogP contribution in [0, 0.1) is 6.92 Å². The van der Waals surface area contributed by atoms with Crippen LogP contribution in [-0.4, -0.2) is 34.0 Å². The van der Waals surface area contributed by atoms with Crippen molar-refractivity contribution in [3.8, 4) is 17.2 Å². The number of aryl methyl sites for hydroxylation is 1. The predicted molar refractivity (Wildman–Crippen MR) is 94.9 cm³/mol. The van der Waals surface area contributed by atoms with E-state index in [9.17, 15) is 14.7 Å². The Morgan fingerprint density at radius 3 is 2.88 bits per heavy atom. The van der Waals surface area contributed by atoms with Crippen LogP contribution in [0.25, 0.3) is 0 Å². The minimum atomic E-state index is -0.663. The summed E-state index contributed by atoms with van der Waals surface area (Å²) in [7, 11) is 0. The van der Waals surface area contributed by atoms with Crippen LogP contribution in [0.5, 0.6) is 17.2 Å². The normalized spacial score (nSPS) is 15.0. The summed E-state index contributed by atoms with van der Waals surface area (Å²) in [5.41, 5.74) is 0.453. The van der Waals surface area contributed by atoms with Crippen molar-refractivity contribution in [3.63, 3.8) is 0 Å². The SMILES string of the molecule is Cc1ccnc(NC(=O)COc2cc(O)c3c(c2)OC(C)(C)CC3=O)c1. The average Bonchev–Trinajstić information content (AvgIpc) is 2.51. The third-order valence-corrected chi connectivity index (χ3v) is 3.86. The van der Waals surface area contributed by atoms with Gasteiger partial charge in [-0.1, -0.05) is 0 Å². The van der Waals surface area contributed by atoms with Crippen LogP contribution >= 0.6 is 0 Å². The molecule has 1 aromatic carbocycles. The molecule has 0 unspecified atom stereocenters. The maximum atomic E-state index is 12.2. The quantitative estimate of drug-likeness (QED) is 0.874. The first-order valence-corrected chi connectivity index (χ1v) is 8.18. The number of aromatic nitrogens is 1. The van der Waals surface area contributed by atoms with E-state index in [-0.39, 0.29) is 41.6 Å². The number of nitrogens with one attached hydrogen (secondary N) is 1. The fraction of sp³-hybridized carbons (Fsp3) is 0.316. The van der Waals surface area contributed by atoms with E-state index in [1.54, 1.807) is 26.1 Å². The van der Waals surface area contributed by atoms with Crippen LogP contribution in [-0.2, 0) is 4.79 Å². The Morgan fingerprint density at radius 2 is 2.15 bits per heavy atom. The number of phenolic OH excluding ortho intramolecular Hbond substituents is 1. The number of hydrogen-bond acceptors (Lipinski definition) is 6. The lowest BCUT2D eigenvalue weighted by molar-refractivity contribution is -0.118. The van der Waals surface area contributed by atoms with Crippen molar-refractivity contribution >= 4 is 17.5 Å². The van der Waals surface area contributed by atoms with Crippen LogP contribution in [0.4, 0.5) is 5.82 Å². The molecule has 7 nitrogen and oxygen atoms in total. The molecule has 1 aliphatic rings. The summed E-state index contributed by atoms with van der Waals surface area (Å²) in [6.45, 7) is 5.21. The molecular formula is C19H20N2O5. The fourth-order valence-electron chi connectivity index (χ4n) is 2.76. The molecule has 3 rings (SSSR count). The van der Waals surface area contributed by atoms with Gasteiger partial charge in [-0.15, -0.1) is 0 Å². The van der Waals surface area contributed by atoms with Crippen molar-refractivity contribution in [2.75, 3.05) is 11.9 Å². The Balaban J connectivity index is 1.70. The van der Waals surface area contributed by atoms with Crippen LogP contribution in [0.2, 0.25) is 0 Å². The molecule has 0 saturated carbocycles. The molecule has 0 spiro atoms. The highest BCUT2D eigenvalue weighted by atomic mass is 16.5. The molecule has 7 heteroatoms. The highest BCUT2D eigenvalue weighted by Gasteiger charge is 2.35. The first-order valence-electron chi connectivity index (χ1n) is 8.18. The van der Waals surface area contributed by atoms with Gasteiger partial charge in [0.05, 0.1) is 6.42 Å². The number of carbonyl (C=O) groups excluding carboxylic acids is 2. The summed E-state index contributed by atoms with van der Waals surface area (Å²) in [6.07, 6.45) is 1.78. The third-order valence-electron chi connectivity index (χ3n) is 3.86. The number of benzene rings is 1. The number of ketones is 1. The molecule has 1 amide bonds. The average molecular weight is 356 g/mol. The molecular weight excluding hydrogens is 336 g/mol. The molecule has 0 radical (unpaired) electrons. The van der Waals surface area contributed by atoms with Crippen molar-refractivity contribution in [3.05, 3.63) is 41.6 Å².